The first kappa shape index (κ1) is 21.3. The van der Waals surface area contributed by atoms with E-state index in [-0.39, 0.29) is 22.8 Å². The van der Waals surface area contributed by atoms with E-state index in [0.29, 0.717) is 18.7 Å². The lowest BCUT2D eigenvalue weighted by Crippen LogP contribution is -2.33. The number of hydrogen-bond donors (Lipinski definition) is 0. The van der Waals surface area contributed by atoms with Crippen molar-refractivity contribution in [3.8, 4) is 5.75 Å². The van der Waals surface area contributed by atoms with Crippen LogP contribution < -0.4 is 9.64 Å². The highest BCUT2D eigenvalue weighted by atomic mass is 32.2. The molecule has 0 spiro atoms. The molecule has 7 heteroatoms. The van der Waals surface area contributed by atoms with E-state index in [1.165, 1.54) is 24.0 Å². The van der Waals surface area contributed by atoms with Crippen molar-refractivity contribution in [3.63, 3.8) is 0 Å². The molecule has 0 aromatic heterocycles. The standard InChI is InChI=1S/C22H28N2O4S/c1-22(2,3)17-6-8-18(9-7-17)28-15-21(25)24-13-12-16-14-19(10-11-20(16)24)29(26,27)23(4)5/h6-11,14H,12-13,15H2,1-5H3. The van der Waals surface area contributed by atoms with Crippen LogP contribution in [0.4, 0.5) is 5.69 Å². The van der Waals surface area contributed by atoms with Crippen LogP contribution in [-0.2, 0) is 26.7 Å². The van der Waals surface area contributed by atoms with Crippen LogP contribution in [0.15, 0.2) is 47.4 Å². The Morgan fingerprint density at radius 2 is 1.76 bits per heavy atom. The number of carbonyl (C=O) groups excluding carboxylic acids is 1. The van der Waals surface area contributed by atoms with Gasteiger partial charge in [-0.05, 0) is 53.3 Å². The quantitative estimate of drug-likeness (QED) is 0.751. The molecule has 2 aromatic carbocycles. The van der Waals surface area contributed by atoms with E-state index in [1.54, 1.807) is 23.1 Å². The molecule has 2 aromatic rings. The van der Waals surface area contributed by atoms with Crippen LogP contribution in [0.5, 0.6) is 5.75 Å². The van der Waals surface area contributed by atoms with Gasteiger partial charge in [-0.1, -0.05) is 32.9 Å². The van der Waals surface area contributed by atoms with Gasteiger partial charge in [0.2, 0.25) is 10.0 Å². The Bertz CT molecular complexity index is 1010. The Hall–Kier alpha value is -2.38. The predicted molar refractivity (Wildman–Crippen MR) is 114 cm³/mol. The van der Waals surface area contributed by atoms with Crippen molar-refractivity contribution in [3.05, 3.63) is 53.6 Å². The largest absolute Gasteiger partial charge is 0.484 e. The van der Waals surface area contributed by atoms with Crippen LogP contribution in [0.25, 0.3) is 0 Å². The summed E-state index contributed by atoms with van der Waals surface area (Å²) in [6.45, 7) is 6.89. The summed E-state index contributed by atoms with van der Waals surface area (Å²) in [5, 5.41) is 0. The average Bonchev–Trinajstić information content (AvgIpc) is 3.09. The maximum absolute atomic E-state index is 12.7. The molecule has 156 valence electrons. The third-order valence-electron chi connectivity index (χ3n) is 5.11. The number of benzene rings is 2. The van der Waals surface area contributed by atoms with Crippen molar-refractivity contribution in [2.75, 3.05) is 32.1 Å². The van der Waals surface area contributed by atoms with Gasteiger partial charge in [0.1, 0.15) is 5.75 Å². The number of fused-ring (bicyclic) bond motifs is 1. The van der Waals surface area contributed by atoms with E-state index in [2.05, 4.69) is 20.8 Å². The summed E-state index contributed by atoms with van der Waals surface area (Å²) in [6, 6.07) is 12.7. The summed E-state index contributed by atoms with van der Waals surface area (Å²) in [4.78, 5) is 14.6. The molecular weight excluding hydrogens is 388 g/mol. The van der Waals surface area contributed by atoms with Crippen molar-refractivity contribution < 1.29 is 17.9 Å². The van der Waals surface area contributed by atoms with Crippen LogP contribution >= 0.6 is 0 Å². The first-order valence-corrected chi connectivity index (χ1v) is 11.0. The van der Waals surface area contributed by atoms with Crippen molar-refractivity contribution in [1.29, 1.82) is 0 Å². The molecule has 1 heterocycles. The van der Waals surface area contributed by atoms with Gasteiger partial charge in [0.15, 0.2) is 6.61 Å². The number of sulfonamides is 1. The van der Waals surface area contributed by atoms with E-state index < -0.39 is 10.0 Å². The van der Waals surface area contributed by atoms with Crippen molar-refractivity contribution >= 4 is 21.6 Å². The minimum atomic E-state index is -3.49. The highest BCUT2D eigenvalue weighted by molar-refractivity contribution is 7.89. The SMILES string of the molecule is CN(C)S(=O)(=O)c1ccc2c(c1)CCN2C(=O)COc1ccc(C(C)(C)C)cc1. The molecule has 1 aliphatic rings. The zero-order valence-corrected chi connectivity index (χ0v) is 18.4. The fourth-order valence-electron chi connectivity index (χ4n) is 3.28. The molecule has 1 aliphatic heterocycles. The Balaban J connectivity index is 1.68. The number of amides is 1. The Morgan fingerprint density at radius 1 is 1.10 bits per heavy atom. The van der Waals surface area contributed by atoms with Crippen LogP contribution in [0.2, 0.25) is 0 Å². The van der Waals surface area contributed by atoms with Crippen LogP contribution in [0, 0.1) is 0 Å². The summed E-state index contributed by atoms with van der Waals surface area (Å²) in [7, 11) is -0.484. The van der Waals surface area contributed by atoms with Crippen molar-refractivity contribution in [1.82, 2.24) is 4.31 Å². The van der Waals surface area contributed by atoms with Gasteiger partial charge < -0.3 is 9.64 Å². The number of carbonyl (C=O) groups is 1. The Morgan fingerprint density at radius 3 is 2.34 bits per heavy atom. The molecule has 29 heavy (non-hydrogen) atoms. The van der Waals surface area contributed by atoms with Crippen LogP contribution in [0.3, 0.4) is 0 Å². The molecule has 1 amide bonds. The highest BCUT2D eigenvalue weighted by Gasteiger charge is 2.27. The molecule has 3 rings (SSSR count). The van der Waals surface area contributed by atoms with Crippen LogP contribution in [0.1, 0.15) is 31.9 Å². The van der Waals surface area contributed by atoms with Gasteiger partial charge in [0.25, 0.3) is 5.91 Å². The number of ether oxygens (including phenoxy) is 1. The molecule has 0 saturated carbocycles. The first-order chi connectivity index (χ1) is 13.5. The van der Waals surface area contributed by atoms with Gasteiger partial charge in [-0.15, -0.1) is 0 Å². The van der Waals surface area contributed by atoms with E-state index in [0.717, 1.165) is 11.3 Å². The summed E-state index contributed by atoms with van der Waals surface area (Å²) in [6.07, 6.45) is 0.623. The molecule has 0 unspecified atom stereocenters. The van der Waals surface area contributed by atoms with E-state index in [1.807, 2.05) is 24.3 Å². The number of nitrogens with zero attached hydrogens (tertiary/aromatic N) is 2. The Kier molecular flexibility index (Phi) is 5.74. The molecular formula is C22H28N2O4S. The lowest BCUT2D eigenvalue weighted by Gasteiger charge is -2.20. The second kappa shape index (κ2) is 7.80. The molecule has 0 aliphatic carbocycles. The van der Waals surface area contributed by atoms with Gasteiger partial charge in [0, 0.05) is 26.3 Å². The van der Waals surface area contributed by atoms with E-state index in [4.69, 9.17) is 4.74 Å². The molecule has 0 saturated heterocycles. The molecule has 0 fully saturated rings. The maximum Gasteiger partial charge on any atom is 0.264 e. The third-order valence-corrected chi connectivity index (χ3v) is 6.92. The number of rotatable bonds is 5. The fourth-order valence-corrected chi connectivity index (χ4v) is 4.24. The monoisotopic (exact) mass is 416 g/mol. The molecule has 0 bridgehead atoms. The fraction of sp³-hybridized carbons (Fsp3) is 0.409. The predicted octanol–water partition coefficient (Wildman–Crippen LogP) is 3.20. The maximum atomic E-state index is 12.7. The summed E-state index contributed by atoms with van der Waals surface area (Å²) >= 11 is 0. The van der Waals surface area contributed by atoms with Gasteiger partial charge in [-0.3, -0.25) is 4.79 Å². The molecule has 0 atom stereocenters. The molecule has 0 radical (unpaired) electrons. The first-order valence-electron chi connectivity index (χ1n) is 9.59. The highest BCUT2D eigenvalue weighted by Crippen LogP contribution is 2.31. The van der Waals surface area contributed by atoms with Gasteiger partial charge in [0.05, 0.1) is 4.90 Å². The van der Waals surface area contributed by atoms with Crippen LogP contribution in [-0.4, -0.2) is 45.9 Å². The summed E-state index contributed by atoms with van der Waals surface area (Å²) in [5.41, 5.74) is 2.87. The number of hydrogen-bond acceptors (Lipinski definition) is 4. The zero-order chi connectivity index (χ0) is 21.4. The number of anilines is 1. The van der Waals surface area contributed by atoms with E-state index in [9.17, 15) is 13.2 Å². The van der Waals surface area contributed by atoms with Gasteiger partial charge >= 0.3 is 0 Å². The summed E-state index contributed by atoms with van der Waals surface area (Å²) < 4.78 is 31.5. The van der Waals surface area contributed by atoms with E-state index >= 15 is 0 Å². The van der Waals surface area contributed by atoms with Gasteiger partial charge in [-0.2, -0.15) is 0 Å². The smallest absolute Gasteiger partial charge is 0.264 e. The van der Waals surface area contributed by atoms with Gasteiger partial charge in [-0.25, -0.2) is 12.7 Å². The molecule has 0 N–H and O–H groups in total. The average molecular weight is 417 g/mol. The lowest BCUT2D eigenvalue weighted by atomic mass is 9.87. The summed E-state index contributed by atoms with van der Waals surface area (Å²) in [5.74, 6) is 0.505. The second-order valence-electron chi connectivity index (χ2n) is 8.44. The van der Waals surface area contributed by atoms with Crippen molar-refractivity contribution in [2.45, 2.75) is 37.5 Å². The topological polar surface area (TPSA) is 66.9 Å². The molecule has 6 nitrogen and oxygen atoms in total. The minimum absolute atomic E-state index is 0.0620. The minimum Gasteiger partial charge on any atom is -0.484 e. The third kappa shape index (κ3) is 4.46. The van der Waals surface area contributed by atoms with Crippen molar-refractivity contribution in [2.24, 2.45) is 0 Å². The lowest BCUT2D eigenvalue weighted by molar-refractivity contribution is -0.120. The zero-order valence-electron chi connectivity index (χ0n) is 17.6. The normalized spacial score (nSPS) is 14.2. The Labute approximate surface area is 173 Å². The second-order valence-corrected chi connectivity index (χ2v) is 10.6.